The fourth-order valence-corrected chi connectivity index (χ4v) is 4.03. The SMILES string of the molecule is COc1ccc(C2=C(C)SCCCS2)cc1. The summed E-state index contributed by atoms with van der Waals surface area (Å²) in [7, 11) is 1.70. The van der Waals surface area contributed by atoms with Crippen molar-refractivity contribution in [1.82, 2.24) is 0 Å². The molecular formula is C13H16OS2. The quantitative estimate of drug-likeness (QED) is 0.778. The molecule has 1 heterocycles. The van der Waals surface area contributed by atoms with Crippen molar-refractivity contribution in [2.75, 3.05) is 18.6 Å². The summed E-state index contributed by atoms with van der Waals surface area (Å²) in [5.41, 5.74) is 1.32. The van der Waals surface area contributed by atoms with Crippen molar-refractivity contribution in [2.24, 2.45) is 0 Å². The Balaban J connectivity index is 2.27. The van der Waals surface area contributed by atoms with Crippen LogP contribution in [0.5, 0.6) is 5.75 Å². The van der Waals surface area contributed by atoms with Crippen LogP contribution >= 0.6 is 23.5 Å². The smallest absolute Gasteiger partial charge is 0.118 e. The molecule has 0 unspecified atom stereocenters. The van der Waals surface area contributed by atoms with Gasteiger partial charge in [-0.25, -0.2) is 0 Å². The second-order valence-electron chi connectivity index (χ2n) is 3.66. The fourth-order valence-electron chi connectivity index (χ4n) is 1.65. The maximum atomic E-state index is 5.18. The van der Waals surface area contributed by atoms with E-state index in [-0.39, 0.29) is 0 Å². The number of ether oxygens (including phenoxy) is 1. The minimum atomic E-state index is 0.924. The molecule has 86 valence electrons. The molecule has 0 spiro atoms. The molecule has 0 saturated carbocycles. The number of hydrogen-bond acceptors (Lipinski definition) is 3. The number of allylic oxidation sites excluding steroid dienone is 1. The van der Waals surface area contributed by atoms with Crippen LogP contribution in [0.4, 0.5) is 0 Å². The van der Waals surface area contributed by atoms with Crippen LogP contribution in [0.3, 0.4) is 0 Å². The van der Waals surface area contributed by atoms with E-state index in [1.165, 1.54) is 33.3 Å². The number of rotatable bonds is 2. The van der Waals surface area contributed by atoms with Crippen molar-refractivity contribution in [3.05, 3.63) is 34.7 Å². The van der Waals surface area contributed by atoms with Crippen LogP contribution in [0.25, 0.3) is 4.91 Å². The fraction of sp³-hybridized carbons (Fsp3) is 0.385. The van der Waals surface area contributed by atoms with Gasteiger partial charge in [-0.2, -0.15) is 0 Å². The van der Waals surface area contributed by atoms with Crippen LogP contribution in [0.15, 0.2) is 29.2 Å². The molecule has 0 saturated heterocycles. The highest BCUT2D eigenvalue weighted by Gasteiger charge is 2.11. The Hall–Kier alpha value is -0.540. The molecule has 0 bridgehead atoms. The highest BCUT2D eigenvalue weighted by Crippen LogP contribution is 2.39. The van der Waals surface area contributed by atoms with Crippen molar-refractivity contribution in [3.8, 4) is 5.75 Å². The van der Waals surface area contributed by atoms with Crippen molar-refractivity contribution in [3.63, 3.8) is 0 Å². The van der Waals surface area contributed by atoms with Crippen LogP contribution in [-0.2, 0) is 0 Å². The molecule has 1 aliphatic rings. The summed E-state index contributed by atoms with van der Waals surface area (Å²) >= 11 is 3.96. The predicted octanol–water partition coefficient (Wildman–Crippen LogP) is 4.25. The third-order valence-corrected chi connectivity index (χ3v) is 5.11. The number of benzene rings is 1. The Morgan fingerprint density at radius 2 is 1.75 bits per heavy atom. The molecule has 16 heavy (non-hydrogen) atoms. The van der Waals surface area contributed by atoms with Crippen molar-refractivity contribution in [2.45, 2.75) is 13.3 Å². The van der Waals surface area contributed by atoms with Crippen LogP contribution in [0.2, 0.25) is 0 Å². The molecule has 0 fully saturated rings. The van der Waals surface area contributed by atoms with Gasteiger partial charge in [-0.1, -0.05) is 12.1 Å². The van der Waals surface area contributed by atoms with Crippen molar-refractivity contribution >= 4 is 28.4 Å². The lowest BCUT2D eigenvalue weighted by molar-refractivity contribution is 0.415. The van der Waals surface area contributed by atoms with E-state index in [4.69, 9.17) is 4.74 Å². The van der Waals surface area contributed by atoms with Gasteiger partial charge in [0.1, 0.15) is 5.75 Å². The van der Waals surface area contributed by atoms with Gasteiger partial charge in [0.15, 0.2) is 0 Å². The van der Waals surface area contributed by atoms with E-state index in [1.807, 2.05) is 35.7 Å². The summed E-state index contributed by atoms with van der Waals surface area (Å²) in [6, 6.07) is 8.37. The normalized spacial score (nSPS) is 17.1. The van der Waals surface area contributed by atoms with Crippen LogP contribution in [0.1, 0.15) is 18.9 Å². The van der Waals surface area contributed by atoms with Gasteiger partial charge in [-0.05, 0) is 47.5 Å². The Morgan fingerprint density at radius 3 is 2.44 bits per heavy atom. The Kier molecular flexibility index (Phi) is 4.24. The topological polar surface area (TPSA) is 9.23 Å². The lowest BCUT2D eigenvalue weighted by Gasteiger charge is -2.09. The molecule has 0 atom stereocenters. The number of hydrogen-bond donors (Lipinski definition) is 0. The molecule has 0 aliphatic carbocycles. The van der Waals surface area contributed by atoms with Gasteiger partial charge in [-0.3, -0.25) is 0 Å². The predicted molar refractivity (Wildman–Crippen MR) is 75.1 cm³/mol. The highest BCUT2D eigenvalue weighted by molar-refractivity contribution is 8.11. The molecule has 1 aliphatic heterocycles. The second kappa shape index (κ2) is 5.69. The zero-order chi connectivity index (χ0) is 11.4. The molecule has 0 amide bonds. The molecule has 0 N–H and O–H groups in total. The Bertz CT molecular complexity index is 381. The first-order valence-electron chi connectivity index (χ1n) is 5.42. The third-order valence-electron chi connectivity index (χ3n) is 2.53. The maximum Gasteiger partial charge on any atom is 0.118 e. The van der Waals surface area contributed by atoms with E-state index in [0.717, 1.165) is 5.75 Å². The summed E-state index contributed by atoms with van der Waals surface area (Å²) in [4.78, 5) is 2.89. The van der Waals surface area contributed by atoms with E-state index in [1.54, 1.807) is 7.11 Å². The van der Waals surface area contributed by atoms with Gasteiger partial charge in [0, 0.05) is 4.91 Å². The zero-order valence-corrected chi connectivity index (χ0v) is 11.3. The first-order valence-corrected chi connectivity index (χ1v) is 7.39. The van der Waals surface area contributed by atoms with E-state index < -0.39 is 0 Å². The molecule has 1 nitrogen and oxygen atoms in total. The summed E-state index contributed by atoms with van der Waals surface area (Å²) in [5, 5.41) is 0. The van der Waals surface area contributed by atoms with Gasteiger partial charge in [-0.15, -0.1) is 23.5 Å². The standard InChI is InChI=1S/C13H16OS2/c1-10-13(16-9-3-8-15-10)11-4-6-12(14-2)7-5-11/h4-7H,3,8-9H2,1-2H3. The van der Waals surface area contributed by atoms with Crippen LogP contribution in [0, 0.1) is 0 Å². The lowest BCUT2D eigenvalue weighted by atomic mass is 10.2. The van der Waals surface area contributed by atoms with E-state index >= 15 is 0 Å². The molecule has 1 aromatic rings. The van der Waals surface area contributed by atoms with E-state index in [9.17, 15) is 0 Å². The molecule has 2 rings (SSSR count). The maximum absolute atomic E-state index is 5.18. The van der Waals surface area contributed by atoms with Crippen LogP contribution < -0.4 is 4.74 Å². The summed E-state index contributed by atoms with van der Waals surface area (Å²) < 4.78 is 5.18. The number of methoxy groups -OCH3 is 1. The Morgan fingerprint density at radius 1 is 1.06 bits per heavy atom. The van der Waals surface area contributed by atoms with Gasteiger partial charge in [0.05, 0.1) is 7.11 Å². The van der Waals surface area contributed by atoms with Gasteiger partial charge in [0.2, 0.25) is 0 Å². The molecule has 0 radical (unpaired) electrons. The average molecular weight is 252 g/mol. The summed E-state index contributed by atoms with van der Waals surface area (Å²) in [6.07, 6.45) is 1.30. The van der Waals surface area contributed by atoms with Gasteiger partial charge in [0.25, 0.3) is 0 Å². The molecule has 3 heteroatoms. The van der Waals surface area contributed by atoms with Gasteiger partial charge >= 0.3 is 0 Å². The Labute approximate surface area is 106 Å². The minimum Gasteiger partial charge on any atom is -0.497 e. The second-order valence-corrected chi connectivity index (χ2v) is 6.08. The average Bonchev–Trinajstić information content (AvgIpc) is 2.54. The molecule has 0 aromatic heterocycles. The molecule has 1 aromatic carbocycles. The summed E-state index contributed by atoms with van der Waals surface area (Å²) in [6.45, 7) is 2.22. The highest BCUT2D eigenvalue weighted by atomic mass is 32.2. The van der Waals surface area contributed by atoms with Gasteiger partial charge < -0.3 is 4.74 Å². The lowest BCUT2D eigenvalue weighted by Crippen LogP contribution is -1.85. The third kappa shape index (κ3) is 2.77. The van der Waals surface area contributed by atoms with Crippen molar-refractivity contribution in [1.29, 1.82) is 0 Å². The number of thioether (sulfide) groups is 2. The minimum absolute atomic E-state index is 0.924. The first kappa shape index (κ1) is 11.9. The summed E-state index contributed by atoms with van der Waals surface area (Å²) in [5.74, 6) is 3.40. The van der Waals surface area contributed by atoms with E-state index in [0.29, 0.717) is 0 Å². The van der Waals surface area contributed by atoms with Crippen molar-refractivity contribution < 1.29 is 4.74 Å². The van der Waals surface area contributed by atoms with Crippen LogP contribution in [-0.4, -0.2) is 18.6 Å². The zero-order valence-electron chi connectivity index (χ0n) is 9.66. The first-order chi connectivity index (χ1) is 7.81. The monoisotopic (exact) mass is 252 g/mol. The molecular weight excluding hydrogens is 236 g/mol. The van der Waals surface area contributed by atoms with E-state index in [2.05, 4.69) is 19.1 Å². The largest absolute Gasteiger partial charge is 0.497 e.